The molecule has 8 heteroatoms. The van der Waals surface area contributed by atoms with E-state index in [1.54, 1.807) is 0 Å². The minimum atomic E-state index is -0.511. The lowest BCUT2D eigenvalue weighted by atomic mass is 10.2. The minimum absolute atomic E-state index is 0.0994. The van der Waals surface area contributed by atoms with Crippen molar-refractivity contribution in [2.75, 3.05) is 7.11 Å². The summed E-state index contributed by atoms with van der Waals surface area (Å²) in [5.41, 5.74) is 6.12. The van der Waals surface area contributed by atoms with Crippen molar-refractivity contribution in [2.45, 2.75) is 40.2 Å². The van der Waals surface area contributed by atoms with Gasteiger partial charge in [0.2, 0.25) is 0 Å². The summed E-state index contributed by atoms with van der Waals surface area (Å²) in [4.78, 5) is 26.3. The van der Waals surface area contributed by atoms with Crippen molar-refractivity contribution in [3.63, 3.8) is 0 Å². The van der Waals surface area contributed by atoms with Gasteiger partial charge in [0.15, 0.2) is 11.5 Å². The maximum Gasteiger partial charge on any atom is 0.279 e. The summed E-state index contributed by atoms with van der Waals surface area (Å²) in [6.07, 6.45) is 0.761. The molecule has 2 rings (SSSR count). The molecule has 0 saturated carbocycles. The van der Waals surface area contributed by atoms with Crippen molar-refractivity contribution in [3.05, 3.63) is 44.1 Å². The number of thiophene rings is 1. The van der Waals surface area contributed by atoms with Crippen LogP contribution in [0.3, 0.4) is 0 Å². The number of carbonyl (C=O) groups excluding carboxylic acids is 2. The summed E-state index contributed by atoms with van der Waals surface area (Å²) in [7, 11) is 1.47. The molecule has 1 aromatic carbocycles. The number of rotatable bonds is 6. The first-order valence-electron chi connectivity index (χ1n) is 8.51. The number of carbonyl (C=O) groups is 2. The average molecular weight is 411 g/mol. The van der Waals surface area contributed by atoms with Gasteiger partial charge in [0.05, 0.1) is 23.1 Å². The first-order chi connectivity index (χ1) is 12.8. The third-order valence-corrected chi connectivity index (χ3v) is 5.36. The van der Waals surface area contributed by atoms with Crippen LogP contribution in [-0.2, 0) is 6.42 Å². The van der Waals surface area contributed by atoms with E-state index in [2.05, 4.69) is 10.9 Å². The van der Waals surface area contributed by atoms with Gasteiger partial charge < -0.3 is 9.47 Å². The van der Waals surface area contributed by atoms with Crippen LogP contribution < -0.4 is 20.3 Å². The summed E-state index contributed by atoms with van der Waals surface area (Å²) >= 11 is 7.64. The van der Waals surface area contributed by atoms with Crippen LogP contribution in [0.25, 0.3) is 0 Å². The van der Waals surface area contributed by atoms with E-state index >= 15 is 0 Å². The zero-order valence-corrected chi connectivity index (χ0v) is 17.5. The van der Waals surface area contributed by atoms with Crippen molar-refractivity contribution in [2.24, 2.45) is 0 Å². The number of hydrazine groups is 1. The predicted molar refractivity (Wildman–Crippen MR) is 107 cm³/mol. The van der Waals surface area contributed by atoms with Crippen molar-refractivity contribution >= 4 is 34.8 Å². The fraction of sp³-hybridized carbons (Fsp3) is 0.368. The Kier molecular flexibility index (Phi) is 7.10. The van der Waals surface area contributed by atoms with Gasteiger partial charge in [-0.25, -0.2) is 0 Å². The summed E-state index contributed by atoms with van der Waals surface area (Å²) in [6, 6.07) is 4.78. The van der Waals surface area contributed by atoms with E-state index in [-0.39, 0.29) is 22.6 Å². The quantitative estimate of drug-likeness (QED) is 0.701. The van der Waals surface area contributed by atoms with E-state index < -0.39 is 5.91 Å². The lowest BCUT2D eigenvalue weighted by Gasteiger charge is -2.16. The average Bonchev–Trinajstić information content (AvgIpc) is 3.01. The summed E-state index contributed by atoms with van der Waals surface area (Å²) in [6.45, 7) is 7.72. The molecule has 0 aliphatic rings. The molecule has 1 aromatic heterocycles. The maximum absolute atomic E-state index is 12.4. The van der Waals surface area contributed by atoms with Gasteiger partial charge in [-0.1, -0.05) is 18.5 Å². The fourth-order valence-corrected chi connectivity index (χ4v) is 3.70. The van der Waals surface area contributed by atoms with E-state index in [0.29, 0.717) is 16.4 Å². The Balaban J connectivity index is 2.11. The van der Waals surface area contributed by atoms with Crippen LogP contribution >= 0.6 is 22.9 Å². The molecule has 0 spiro atoms. The standard InChI is InChI=1S/C19H23ClN2O4S/c1-6-15-11(4)7-16(27-15)19(24)22-21-18(23)12-8-13(20)17(26-10(2)3)14(9-12)25-5/h7-10H,6H2,1-5H3,(H,21,23)(H,22,24). The monoisotopic (exact) mass is 410 g/mol. The molecule has 2 aromatic rings. The molecule has 0 unspecified atom stereocenters. The highest BCUT2D eigenvalue weighted by molar-refractivity contribution is 7.14. The van der Waals surface area contributed by atoms with Crippen molar-refractivity contribution in [3.8, 4) is 11.5 Å². The first kappa shape index (κ1) is 21.1. The topological polar surface area (TPSA) is 76.7 Å². The van der Waals surface area contributed by atoms with E-state index in [1.165, 1.54) is 30.6 Å². The van der Waals surface area contributed by atoms with Gasteiger partial charge in [-0.3, -0.25) is 20.4 Å². The third-order valence-electron chi connectivity index (χ3n) is 3.70. The number of ether oxygens (including phenoxy) is 2. The second-order valence-corrected chi connectivity index (χ2v) is 7.68. The highest BCUT2D eigenvalue weighted by Gasteiger charge is 2.18. The first-order valence-corrected chi connectivity index (χ1v) is 9.70. The Hall–Kier alpha value is -2.25. The molecule has 0 aliphatic heterocycles. The van der Waals surface area contributed by atoms with Gasteiger partial charge in [0, 0.05) is 10.4 Å². The molecule has 0 fully saturated rings. The number of hydrogen-bond donors (Lipinski definition) is 2. The molecule has 2 amide bonds. The van der Waals surface area contributed by atoms with E-state index in [1.807, 2.05) is 33.8 Å². The Bertz CT molecular complexity index is 848. The van der Waals surface area contributed by atoms with Gasteiger partial charge in [0.25, 0.3) is 11.8 Å². The molecular formula is C19H23ClN2O4S. The van der Waals surface area contributed by atoms with Gasteiger partial charge >= 0.3 is 0 Å². The second kappa shape index (κ2) is 9.10. The number of halogens is 1. The summed E-state index contributed by atoms with van der Waals surface area (Å²) in [5, 5.41) is 0.251. The van der Waals surface area contributed by atoms with Crippen molar-refractivity contribution in [1.29, 1.82) is 0 Å². The minimum Gasteiger partial charge on any atom is -0.493 e. The lowest BCUT2D eigenvalue weighted by Crippen LogP contribution is -2.41. The second-order valence-electron chi connectivity index (χ2n) is 6.13. The highest BCUT2D eigenvalue weighted by atomic mass is 35.5. The van der Waals surface area contributed by atoms with Gasteiger partial charge in [0.1, 0.15) is 0 Å². The van der Waals surface area contributed by atoms with Crippen molar-refractivity contribution < 1.29 is 19.1 Å². The molecule has 2 N–H and O–H groups in total. The third kappa shape index (κ3) is 5.14. The number of hydrogen-bond acceptors (Lipinski definition) is 5. The molecule has 0 atom stereocenters. The molecule has 1 heterocycles. The van der Waals surface area contributed by atoms with Crippen LogP contribution in [0.2, 0.25) is 5.02 Å². The Morgan fingerprint density at radius 3 is 2.41 bits per heavy atom. The van der Waals surface area contributed by atoms with Crippen LogP contribution in [-0.4, -0.2) is 25.0 Å². The van der Waals surface area contributed by atoms with Crippen molar-refractivity contribution in [1.82, 2.24) is 10.9 Å². The van der Waals surface area contributed by atoms with Crippen LogP contribution in [0.4, 0.5) is 0 Å². The number of benzene rings is 1. The highest BCUT2D eigenvalue weighted by Crippen LogP contribution is 2.37. The Morgan fingerprint density at radius 1 is 1.19 bits per heavy atom. The molecule has 27 heavy (non-hydrogen) atoms. The van der Waals surface area contributed by atoms with Gasteiger partial charge in [-0.05, 0) is 51.0 Å². The number of methoxy groups -OCH3 is 1. The van der Waals surface area contributed by atoms with Crippen LogP contribution in [0, 0.1) is 6.92 Å². The number of nitrogens with one attached hydrogen (secondary N) is 2. The molecule has 146 valence electrons. The van der Waals surface area contributed by atoms with E-state index in [9.17, 15) is 9.59 Å². The SMILES string of the molecule is CCc1sc(C(=O)NNC(=O)c2cc(Cl)c(OC(C)C)c(OC)c2)cc1C. The normalized spacial score (nSPS) is 10.6. The number of aryl methyl sites for hydroxylation is 2. The van der Waals surface area contributed by atoms with E-state index in [4.69, 9.17) is 21.1 Å². The summed E-state index contributed by atoms with van der Waals surface area (Å²) in [5.74, 6) is -0.164. The smallest absolute Gasteiger partial charge is 0.279 e. The number of amides is 2. The molecule has 6 nitrogen and oxygen atoms in total. The lowest BCUT2D eigenvalue weighted by molar-refractivity contribution is 0.0848. The zero-order valence-electron chi connectivity index (χ0n) is 15.9. The van der Waals surface area contributed by atoms with E-state index in [0.717, 1.165) is 16.9 Å². The molecular weight excluding hydrogens is 388 g/mol. The molecule has 0 aliphatic carbocycles. The van der Waals surface area contributed by atoms with Gasteiger partial charge in [-0.15, -0.1) is 11.3 Å². The fourth-order valence-electron chi connectivity index (χ4n) is 2.43. The molecule has 0 saturated heterocycles. The largest absolute Gasteiger partial charge is 0.493 e. The zero-order chi connectivity index (χ0) is 20.1. The maximum atomic E-state index is 12.4. The molecule has 0 radical (unpaired) electrons. The summed E-state index contributed by atoms with van der Waals surface area (Å²) < 4.78 is 10.9. The van der Waals surface area contributed by atoms with Crippen LogP contribution in [0.1, 0.15) is 51.2 Å². The van der Waals surface area contributed by atoms with Gasteiger partial charge in [-0.2, -0.15) is 0 Å². The van der Waals surface area contributed by atoms with Crippen LogP contribution in [0.15, 0.2) is 18.2 Å². The Morgan fingerprint density at radius 2 is 1.85 bits per heavy atom. The molecule has 0 bridgehead atoms. The Labute approximate surface area is 167 Å². The van der Waals surface area contributed by atoms with Crippen LogP contribution in [0.5, 0.6) is 11.5 Å². The predicted octanol–water partition coefficient (Wildman–Crippen LogP) is 4.14.